The van der Waals surface area contributed by atoms with Crippen LogP contribution in [0.3, 0.4) is 0 Å². The Labute approximate surface area is 127 Å². The van der Waals surface area contributed by atoms with E-state index in [-0.39, 0.29) is 17.6 Å². The van der Waals surface area contributed by atoms with Crippen molar-refractivity contribution in [1.29, 1.82) is 0 Å². The summed E-state index contributed by atoms with van der Waals surface area (Å²) in [4.78, 5) is 14.1. The molecule has 1 atom stereocenters. The van der Waals surface area contributed by atoms with Crippen molar-refractivity contribution in [2.24, 2.45) is 5.92 Å². The number of carbonyl (C=O) groups excluding carboxylic acids is 1. The van der Waals surface area contributed by atoms with Gasteiger partial charge in [-0.1, -0.05) is 26.0 Å². The molecule has 1 amide bonds. The third-order valence-electron chi connectivity index (χ3n) is 3.61. The molecule has 21 heavy (non-hydrogen) atoms. The first-order valence-electron chi connectivity index (χ1n) is 7.57. The number of nitrogens with one attached hydrogen (secondary N) is 1. The Morgan fingerprint density at radius 3 is 2.38 bits per heavy atom. The monoisotopic (exact) mass is 294 g/mol. The predicted molar refractivity (Wildman–Crippen MR) is 84.8 cm³/mol. The molecule has 0 aliphatic heterocycles. The maximum absolute atomic E-state index is 13.0. The van der Waals surface area contributed by atoms with Gasteiger partial charge < -0.3 is 10.2 Å². The van der Waals surface area contributed by atoms with Crippen LogP contribution in [-0.4, -0.2) is 38.0 Å². The Kier molecular flexibility index (Phi) is 7.37. The minimum Gasteiger partial charge on any atom is -0.356 e. The van der Waals surface area contributed by atoms with Crippen LogP contribution in [0.25, 0.3) is 0 Å². The molecule has 0 fully saturated rings. The molecule has 0 saturated carbocycles. The van der Waals surface area contributed by atoms with Gasteiger partial charge in [-0.3, -0.25) is 4.79 Å². The van der Waals surface area contributed by atoms with Crippen LogP contribution >= 0.6 is 0 Å². The lowest BCUT2D eigenvalue weighted by molar-refractivity contribution is -0.121. The van der Waals surface area contributed by atoms with Crippen LogP contribution in [0.15, 0.2) is 24.3 Å². The zero-order chi connectivity index (χ0) is 15.8. The molecule has 1 aromatic carbocycles. The minimum atomic E-state index is -0.241. The van der Waals surface area contributed by atoms with E-state index in [1.54, 1.807) is 12.1 Å². The average Bonchev–Trinajstić information content (AvgIpc) is 2.41. The molecular weight excluding hydrogens is 267 g/mol. The second-order valence-electron chi connectivity index (χ2n) is 6.11. The van der Waals surface area contributed by atoms with Crippen molar-refractivity contribution >= 4 is 5.91 Å². The van der Waals surface area contributed by atoms with Gasteiger partial charge in [0.05, 0.1) is 0 Å². The molecule has 4 heteroatoms. The van der Waals surface area contributed by atoms with Crippen molar-refractivity contribution in [3.05, 3.63) is 35.6 Å². The van der Waals surface area contributed by atoms with Crippen molar-refractivity contribution in [2.45, 2.75) is 32.6 Å². The Morgan fingerprint density at radius 1 is 1.24 bits per heavy atom. The highest BCUT2D eigenvalue weighted by molar-refractivity contribution is 5.76. The lowest BCUT2D eigenvalue weighted by Crippen LogP contribution is -2.29. The molecule has 0 spiro atoms. The van der Waals surface area contributed by atoms with Gasteiger partial charge in [0.25, 0.3) is 0 Å². The number of rotatable bonds is 8. The molecule has 0 aliphatic carbocycles. The first-order valence-corrected chi connectivity index (χ1v) is 7.57. The number of amides is 1. The smallest absolute Gasteiger partial charge is 0.220 e. The van der Waals surface area contributed by atoms with Crippen LogP contribution < -0.4 is 5.32 Å². The van der Waals surface area contributed by atoms with Crippen molar-refractivity contribution in [2.75, 3.05) is 27.2 Å². The lowest BCUT2D eigenvalue weighted by Gasteiger charge is -2.21. The van der Waals surface area contributed by atoms with E-state index in [4.69, 9.17) is 0 Å². The molecule has 0 bridgehead atoms. The third-order valence-corrected chi connectivity index (χ3v) is 3.61. The second-order valence-corrected chi connectivity index (χ2v) is 6.11. The molecular formula is C17H27FN2O. The second kappa shape index (κ2) is 8.78. The standard InChI is InChI=1S/C17H27FN2O/c1-13(2)16(14-6-8-15(18)9-7-14)12-17(21)19-10-5-11-20(3)4/h6-9,13,16H,5,10-12H2,1-4H3,(H,19,21). The van der Waals surface area contributed by atoms with Crippen LogP contribution in [0.1, 0.15) is 38.2 Å². The minimum absolute atomic E-state index is 0.0665. The first kappa shape index (κ1) is 17.6. The fourth-order valence-corrected chi connectivity index (χ4v) is 2.34. The molecule has 3 nitrogen and oxygen atoms in total. The molecule has 0 saturated heterocycles. The molecule has 0 radical (unpaired) electrons. The van der Waals surface area contributed by atoms with E-state index in [1.165, 1.54) is 12.1 Å². The van der Waals surface area contributed by atoms with Crippen molar-refractivity contribution in [1.82, 2.24) is 10.2 Å². The Morgan fingerprint density at radius 2 is 1.86 bits per heavy atom. The molecule has 1 unspecified atom stereocenters. The molecule has 1 N–H and O–H groups in total. The topological polar surface area (TPSA) is 32.3 Å². The summed E-state index contributed by atoms with van der Waals surface area (Å²) in [7, 11) is 4.04. The van der Waals surface area contributed by atoms with Crippen molar-refractivity contribution in [3.63, 3.8) is 0 Å². The normalized spacial score (nSPS) is 12.7. The fourth-order valence-electron chi connectivity index (χ4n) is 2.34. The van der Waals surface area contributed by atoms with E-state index in [2.05, 4.69) is 24.1 Å². The van der Waals surface area contributed by atoms with Gasteiger partial charge in [-0.2, -0.15) is 0 Å². The molecule has 0 aromatic heterocycles. The Hall–Kier alpha value is -1.42. The maximum Gasteiger partial charge on any atom is 0.220 e. The van der Waals surface area contributed by atoms with Crippen molar-refractivity contribution < 1.29 is 9.18 Å². The van der Waals surface area contributed by atoms with E-state index in [0.717, 1.165) is 18.5 Å². The Balaban J connectivity index is 2.51. The van der Waals surface area contributed by atoms with Gasteiger partial charge in [0.1, 0.15) is 5.82 Å². The summed E-state index contributed by atoms with van der Waals surface area (Å²) in [6.07, 6.45) is 1.40. The summed E-state index contributed by atoms with van der Waals surface area (Å²) in [5.41, 5.74) is 1.02. The summed E-state index contributed by atoms with van der Waals surface area (Å²) >= 11 is 0. The highest BCUT2D eigenvalue weighted by Gasteiger charge is 2.19. The van der Waals surface area contributed by atoms with Crippen LogP contribution in [0, 0.1) is 11.7 Å². The van der Waals surface area contributed by atoms with E-state index in [9.17, 15) is 9.18 Å². The number of halogens is 1. The predicted octanol–water partition coefficient (Wildman–Crippen LogP) is 3.02. The molecule has 1 rings (SSSR count). The van der Waals surface area contributed by atoms with E-state index in [0.29, 0.717) is 18.9 Å². The van der Waals surface area contributed by atoms with Gasteiger partial charge in [-0.25, -0.2) is 4.39 Å². The number of hydrogen-bond donors (Lipinski definition) is 1. The number of benzene rings is 1. The molecule has 1 aromatic rings. The van der Waals surface area contributed by atoms with E-state index < -0.39 is 0 Å². The maximum atomic E-state index is 13.0. The lowest BCUT2D eigenvalue weighted by atomic mass is 9.85. The highest BCUT2D eigenvalue weighted by Crippen LogP contribution is 2.27. The number of carbonyl (C=O) groups is 1. The summed E-state index contributed by atoms with van der Waals surface area (Å²) in [6.45, 7) is 5.85. The summed E-state index contributed by atoms with van der Waals surface area (Å²) in [5, 5.41) is 2.96. The average molecular weight is 294 g/mol. The Bertz CT molecular complexity index is 429. The van der Waals surface area contributed by atoms with E-state index in [1.807, 2.05) is 14.1 Å². The van der Waals surface area contributed by atoms with E-state index >= 15 is 0 Å². The summed E-state index contributed by atoms with van der Waals surface area (Å²) in [5.74, 6) is 0.286. The molecule has 0 heterocycles. The summed E-state index contributed by atoms with van der Waals surface area (Å²) < 4.78 is 13.0. The van der Waals surface area contributed by atoms with Gasteiger partial charge in [0.15, 0.2) is 0 Å². The van der Waals surface area contributed by atoms with Gasteiger partial charge in [-0.15, -0.1) is 0 Å². The van der Waals surface area contributed by atoms with Crippen LogP contribution in [0.5, 0.6) is 0 Å². The van der Waals surface area contributed by atoms with Gasteiger partial charge >= 0.3 is 0 Å². The molecule has 0 aliphatic rings. The largest absolute Gasteiger partial charge is 0.356 e. The van der Waals surface area contributed by atoms with Crippen molar-refractivity contribution in [3.8, 4) is 0 Å². The first-order chi connectivity index (χ1) is 9.90. The third kappa shape index (κ3) is 6.71. The summed E-state index contributed by atoms with van der Waals surface area (Å²) in [6, 6.07) is 6.47. The number of nitrogens with zero attached hydrogens (tertiary/aromatic N) is 1. The quantitative estimate of drug-likeness (QED) is 0.748. The van der Waals surface area contributed by atoms with Gasteiger partial charge in [0.2, 0.25) is 5.91 Å². The number of hydrogen-bond acceptors (Lipinski definition) is 2. The zero-order valence-corrected chi connectivity index (χ0v) is 13.5. The SMILES string of the molecule is CC(C)C(CC(=O)NCCCN(C)C)c1ccc(F)cc1. The van der Waals surface area contributed by atoms with Gasteiger partial charge in [-0.05, 0) is 56.6 Å². The van der Waals surface area contributed by atoms with Gasteiger partial charge in [0, 0.05) is 13.0 Å². The zero-order valence-electron chi connectivity index (χ0n) is 13.5. The molecule has 118 valence electrons. The van der Waals surface area contributed by atoms with Crippen LogP contribution in [0.4, 0.5) is 4.39 Å². The fraction of sp³-hybridized carbons (Fsp3) is 0.588. The van der Waals surface area contributed by atoms with Crippen LogP contribution in [-0.2, 0) is 4.79 Å². The highest BCUT2D eigenvalue weighted by atomic mass is 19.1. The van der Waals surface area contributed by atoms with Crippen LogP contribution in [0.2, 0.25) is 0 Å².